The molecule has 5 heteroatoms. The van der Waals surface area contributed by atoms with Crippen molar-refractivity contribution in [3.05, 3.63) is 46.2 Å². The van der Waals surface area contributed by atoms with E-state index in [1.807, 2.05) is 19.3 Å². The minimum atomic E-state index is 0.0319. The molecule has 0 amide bonds. The summed E-state index contributed by atoms with van der Waals surface area (Å²) in [7, 11) is 1.83. The third kappa shape index (κ3) is 2.74. The normalized spacial score (nSPS) is 10.5. The number of carbonyl (C=O) groups excluding carboxylic acids is 1. The van der Waals surface area contributed by atoms with Crippen molar-refractivity contribution in [1.82, 2.24) is 9.78 Å². The van der Waals surface area contributed by atoms with E-state index in [1.54, 1.807) is 22.9 Å². The lowest BCUT2D eigenvalue weighted by atomic mass is 10.1. The average Bonchev–Trinajstić information content (AvgIpc) is 2.68. The van der Waals surface area contributed by atoms with Crippen LogP contribution in [0.5, 0.6) is 0 Å². The number of ketones is 1. The van der Waals surface area contributed by atoms with Gasteiger partial charge in [-0.2, -0.15) is 5.10 Å². The van der Waals surface area contributed by atoms with Crippen LogP contribution in [0.1, 0.15) is 16.1 Å². The molecule has 1 aromatic carbocycles. The maximum atomic E-state index is 12.0. The van der Waals surface area contributed by atoms with Crippen molar-refractivity contribution in [2.24, 2.45) is 7.05 Å². The molecule has 0 spiro atoms. The summed E-state index contributed by atoms with van der Waals surface area (Å²) in [5, 5.41) is 4.18. The highest BCUT2D eigenvalue weighted by Crippen LogP contribution is 2.21. The number of nitrogen functional groups attached to an aromatic ring is 1. The molecule has 4 nitrogen and oxygen atoms in total. The first kappa shape index (κ1) is 11.9. The number of carbonyl (C=O) groups is 1. The molecule has 0 radical (unpaired) electrons. The van der Waals surface area contributed by atoms with E-state index in [0.717, 1.165) is 10.2 Å². The lowest BCUT2D eigenvalue weighted by molar-refractivity contribution is 0.0992. The Morgan fingerprint density at radius 3 is 2.82 bits per heavy atom. The average molecular weight is 294 g/mol. The number of benzene rings is 1. The van der Waals surface area contributed by atoms with Crippen molar-refractivity contribution in [1.29, 1.82) is 0 Å². The summed E-state index contributed by atoms with van der Waals surface area (Å²) in [6.07, 6.45) is 2.12. The Labute approximate surface area is 108 Å². The zero-order chi connectivity index (χ0) is 12.4. The lowest BCUT2D eigenvalue weighted by Crippen LogP contribution is -2.05. The Morgan fingerprint density at radius 1 is 1.47 bits per heavy atom. The van der Waals surface area contributed by atoms with Crippen LogP contribution in [0.3, 0.4) is 0 Å². The van der Waals surface area contributed by atoms with Crippen LogP contribution in [0.15, 0.2) is 34.9 Å². The molecule has 2 N–H and O–H groups in total. The second-order valence-corrected chi connectivity index (χ2v) is 4.67. The highest BCUT2D eigenvalue weighted by Gasteiger charge is 2.10. The van der Waals surface area contributed by atoms with Crippen LogP contribution in [0.4, 0.5) is 5.69 Å². The van der Waals surface area contributed by atoms with Crippen LogP contribution in [-0.2, 0) is 13.5 Å². The molecule has 1 heterocycles. The molecular weight excluding hydrogens is 282 g/mol. The summed E-state index contributed by atoms with van der Waals surface area (Å²) in [5.41, 5.74) is 7.70. The summed E-state index contributed by atoms with van der Waals surface area (Å²) >= 11 is 3.31. The van der Waals surface area contributed by atoms with Gasteiger partial charge in [-0.25, -0.2) is 0 Å². The van der Waals surface area contributed by atoms with E-state index in [1.165, 1.54) is 0 Å². The summed E-state index contributed by atoms with van der Waals surface area (Å²) in [6.45, 7) is 0. The molecule has 0 bridgehead atoms. The maximum absolute atomic E-state index is 12.0. The number of nitrogens with two attached hydrogens (primary N) is 1. The molecule has 0 aliphatic heterocycles. The highest BCUT2D eigenvalue weighted by atomic mass is 79.9. The molecule has 0 aliphatic rings. The third-order valence-electron chi connectivity index (χ3n) is 2.43. The maximum Gasteiger partial charge on any atom is 0.168 e. The summed E-state index contributed by atoms with van der Waals surface area (Å²) in [5.74, 6) is 0.0319. The standard InChI is InChI=1S/C12H12BrN3O/c1-16-5-4-9(15-16)7-12(17)8-2-3-11(14)10(13)6-8/h2-6H,7,14H2,1H3. The van der Waals surface area contributed by atoms with E-state index < -0.39 is 0 Å². The molecule has 88 valence electrons. The molecule has 2 rings (SSSR count). The summed E-state index contributed by atoms with van der Waals surface area (Å²) < 4.78 is 2.42. The number of halogens is 1. The molecule has 0 saturated heterocycles. The van der Waals surface area contributed by atoms with Crippen LogP contribution >= 0.6 is 15.9 Å². The zero-order valence-electron chi connectivity index (χ0n) is 9.35. The quantitative estimate of drug-likeness (QED) is 0.697. The molecule has 0 fully saturated rings. The first-order valence-corrected chi connectivity index (χ1v) is 5.92. The predicted molar refractivity (Wildman–Crippen MR) is 69.8 cm³/mol. The molecule has 1 aromatic heterocycles. The Bertz CT molecular complexity index is 563. The van der Waals surface area contributed by atoms with Crippen molar-refractivity contribution >= 4 is 27.4 Å². The van der Waals surface area contributed by atoms with Gasteiger partial charge in [-0.05, 0) is 40.2 Å². The van der Waals surface area contributed by atoms with Gasteiger partial charge in [0.1, 0.15) is 0 Å². The lowest BCUT2D eigenvalue weighted by Gasteiger charge is -2.02. The van der Waals surface area contributed by atoms with Crippen molar-refractivity contribution in [3.8, 4) is 0 Å². The number of aromatic nitrogens is 2. The van der Waals surface area contributed by atoms with Gasteiger partial charge in [0, 0.05) is 29.0 Å². The molecule has 0 atom stereocenters. The Kier molecular flexibility index (Phi) is 3.28. The molecule has 0 unspecified atom stereocenters. The number of hydrogen-bond donors (Lipinski definition) is 1. The van der Waals surface area contributed by atoms with Crippen LogP contribution < -0.4 is 5.73 Å². The fourth-order valence-electron chi connectivity index (χ4n) is 1.52. The largest absolute Gasteiger partial charge is 0.398 e. The number of aryl methyl sites for hydroxylation is 1. The van der Waals surface area contributed by atoms with Crippen LogP contribution in [0, 0.1) is 0 Å². The van der Waals surface area contributed by atoms with E-state index >= 15 is 0 Å². The minimum absolute atomic E-state index is 0.0319. The van der Waals surface area contributed by atoms with Gasteiger partial charge in [0.05, 0.1) is 12.1 Å². The topological polar surface area (TPSA) is 60.9 Å². The summed E-state index contributed by atoms with van der Waals surface area (Å²) in [4.78, 5) is 12.0. The van der Waals surface area contributed by atoms with E-state index in [9.17, 15) is 4.79 Å². The van der Waals surface area contributed by atoms with Crippen molar-refractivity contribution in [2.45, 2.75) is 6.42 Å². The van der Waals surface area contributed by atoms with Crippen molar-refractivity contribution < 1.29 is 4.79 Å². The molecule has 2 aromatic rings. The smallest absolute Gasteiger partial charge is 0.168 e. The molecule has 0 aliphatic carbocycles. The molecule has 17 heavy (non-hydrogen) atoms. The number of rotatable bonds is 3. The van der Waals surface area contributed by atoms with Crippen LogP contribution in [0.2, 0.25) is 0 Å². The van der Waals surface area contributed by atoms with Crippen LogP contribution in [0.25, 0.3) is 0 Å². The van der Waals surface area contributed by atoms with Crippen molar-refractivity contribution in [3.63, 3.8) is 0 Å². The number of Topliss-reactive ketones (excluding diaryl/α,β-unsaturated/α-hetero) is 1. The Balaban J connectivity index is 2.17. The fourth-order valence-corrected chi connectivity index (χ4v) is 1.90. The van der Waals surface area contributed by atoms with Gasteiger partial charge in [0.2, 0.25) is 0 Å². The Hall–Kier alpha value is -1.62. The van der Waals surface area contributed by atoms with Crippen LogP contribution in [-0.4, -0.2) is 15.6 Å². The van der Waals surface area contributed by atoms with E-state index in [-0.39, 0.29) is 5.78 Å². The second-order valence-electron chi connectivity index (χ2n) is 3.82. The van der Waals surface area contributed by atoms with Gasteiger partial charge in [-0.15, -0.1) is 0 Å². The van der Waals surface area contributed by atoms with Gasteiger partial charge in [-0.1, -0.05) is 0 Å². The van der Waals surface area contributed by atoms with Gasteiger partial charge < -0.3 is 5.73 Å². The van der Waals surface area contributed by atoms with E-state index in [4.69, 9.17) is 5.73 Å². The van der Waals surface area contributed by atoms with Gasteiger partial charge in [-0.3, -0.25) is 9.48 Å². The van der Waals surface area contributed by atoms with Gasteiger partial charge in [0.15, 0.2) is 5.78 Å². The SMILES string of the molecule is Cn1ccc(CC(=O)c2ccc(N)c(Br)c2)n1. The molecule has 0 saturated carbocycles. The van der Waals surface area contributed by atoms with Gasteiger partial charge >= 0.3 is 0 Å². The second kappa shape index (κ2) is 4.71. The number of anilines is 1. The monoisotopic (exact) mass is 293 g/mol. The first-order valence-electron chi connectivity index (χ1n) is 5.13. The zero-order valence-corrected chi connectivity index (χ0v) is 10.9. The minimum Gasteiger partial charge on any atom is -0.398 e. The van der Waals surface area contributed by atoms with E-state index in [0.29, 0.717) is 17.7 Å². The number of nitrogens with zero attached hydrogens (tertiary/aromatic N) is 2. The highest BCUT2D eigenvalue weighted by molar-refractivity contribution is 9.10. The summed E-state index contributed by atoms with van der Waals surface area (Å²) in [6, 6.07) is 7.02. The van der Waals surface area contributed by atoms with Gasteiger partial charge in [0.25, 0.3) is 0 Å². The third-order valence-corrected chi connectivity index (χ3v) is 3.12. The fraction of sp³-hybridized carbons (Fsp3) is 0.167. The number of hydrogen-bond acceptors (Lipinski definition) is 3. The molecular formula is C12H12BrN3O. The van der Waals surface area contributed by atoms with Crippen molar-refractivity contribution in [2.75, 3.05) is 5.73 Å². The van der Waals surface area contributed by atoms with E-state index in [2.05, 4.69) is 21.0 Å². The predicted octanol–water partition coefficient (Wildman–Crippen LogP) is 2.19. The Morgan fingerprint density at radius 2 is 2.24 bits per heavy atom. The first-order chi connectivity index (χ1) is 8.06.